The molecule has 0 aliphatic carbocycles. The van der Waals surface area contributed by atoms with E-state index >= 15 is 0 Å². The lowest BCUT2D eigenvalue weighted by Gasteiger charge is -2.12. The van der Waals surface area contributed by atoms with E-state index in [0.29, 0.717) is 23.5 Å². The lowest BCUT2D eigenvalue weighted by atomic mass is 10.1. The minimum Gasteiger partial charge on any atom is -0.322 e. The van der Waals surface area contributed by atoms with Crippen LogP contribution in [0, 0.1) is 6.92 Å². The Morgan fingerprint density at radius 3 is 2.35 bits per heavy atom. The van der Waals surface area contributed by atoms with Gasteiger partial charge in [0.15, 0.2) is 0 Å². The number of carbonyl (C=O) groups is 1. The second kappa shape index (κ2) is 9.62. The number of sulfonamides is 1. The molecule has 0 saturated heterocycles. The van der Waals surface area contributed by atoms with Crippen molar-refractivity contribution < 1.29 is 13.2 Å². The molecular formula is C26H26N4O3S. The Kier molecular flexibility index (Phi) is 6.63. The molecule has 0 radical (unpaired) electrons. The molecule has 3 aromatic carbocycles. The van der Waals surface area contributed by atoms with E-state index in [1.165, 1.54) is 26.2 Å². The Bertz CT molecular complexity index is 1410. The molecule has 1 amide bonds. The van der Waals surface area contributed by atoms with Crippen LogP contribution < -0.4 is 5.32 Å². The molecule has 0 fully saturated rings. The number of nitrogens with one attached hydrogen (secondary N) is 1. The average Bonchev–Trinajstić information content (AvgIpc) is 3.24. The lowest BCUT2D eigenvalue weighted by Crippen LogP contribution is -2.22. The first-order valence-electron chi connectivity index (χ1n) is 10.8. The molecular weight excluding hydrogens is 448 g/mol. The molecule has 7 nitrogen and oxygen atoms in total. The van der Waals surface area contributed by atoms with Crippen molar-refractivity contribution >= 4 is 21.6 Å². The molecule has 1 N–H and O–H groups in total. The number of carbonyl (C=O) groups excluding carboxylic acids is 1. The van der Waals surface area contributed by atoms with Crippen LogP contribution in [0.3, 0.4) is 0 Å². The molecule has 0 atom stereocenters. The highest BCUT2D eigenvalue weighted by Gasteiger charge is 2.21. The number of amides is 1. The summed E-state index contributed by atoms with van der Waals surface area (Å²) < 4.78 is 27.8. The number of hydrogen-bond acceptors (Lipinski definition) is 4. The van der Waals surface area contributed by atoms with Gasteiger partial charge in [-0.3, -0.25) is 9.48 Å². The van der Waals surface area contributed by atoms with Crippen molar-refractivity contribution in [3.63, 3.8) is 0 Å². The van der Waals surface area contributed by atoms with E-state index in [9.17, 15) is 13.2 Å². The molecule has 0 spiro atoms. The highest BCUT2D eigenvalue weighted by molar-refractivity contribution is 7.89. The van der Waals surface area contributed by atoms with Crippen LogP contribution in [0.4, 0.5) is 5.69 Å². The van der Waals surface area contributed by atoms with Crippen LogP contribution in [-0.2, 0) is 16.6 Å². The van der Waals surface area contributed by atoms with Gasteiger partial charge in [0.05, 0.1) is 17.0 Å². The van der Waals surface area contributed by atoms with Crippen LogP contribution in [0.25, 0.3) is 11.3 Å². The summed E-state index contributed by atoms with van der Waals surface area (Å²) in [4.78, 5) is 13.4. The van der Waals surface area contributed by atoms with Gasteiger partial charge in [-0.1, -0.05) is 66.2 Å². The summed E-state index contributed by atoms with van der Waals surface area (Å²) in [5, 5.41) is 7.53. The Balaban J connectivity index is 1.68. The number of rotatable bonds is 7. The summed E-state index contributed by atoms with van der Waals surface area (Å²) in [6.07, 6.45) is 1.72. The number of aryl methyl sites for hydroxylation is 1. The number of anilines is 1. The molecule has 1 heterocycles. The summed E-state index contributed by atoms with van der Waals surface area (Å²) in [5.74, 6) is -0.366. The Morgan fingerprint density at radius 1 is 0.971 bits per heavy atom. The van der Waals surface area contributed by atoms with E-state index in [4.69, 9.17) is 5.10 Å². The Morgan fingerprint density at radius 2 is 1.68 bits per heavy atom. The van der Waals surface area contributed by atoms with Gasteiger partial charge >= 0.3 is 0 Å². The van der Waals surface area contributed by atoms with Crippen molar-refractivity contribution in [3.05, 3.63) is 102 Å². The Labute approximate surface area is 199 Å². The van der Waals surface area contributed by atoms with Gasteiger partial charge < -0.3 is 5.32 Å². The van der Waals surface area contributed by atoms with Crippen molar-refractivity contribution in [2.24, 2.45) is 0 Å². The molecule has 8 heteroatoms. The molecule has 34 heavy (non-hydrogen) atoms. The second-order valence-corrected chi connectivity index (χ2v) is 10.4. The molecule has 0 aliphatic heterocycles. The van der Waals surface area contributed by atoms with Crippen LogP contribution in [0.2, 0.25) is 0 Å². The van der Waals surface area contributed by atoms with E-state index in [1.54, 1.807) is 23.0 Å². The minimum absolute atomic E-state index is 0.105. The first kappa shape index (κ1) is 23.4. The zero-order chi connectivity index (χ0) is 24.3. The van der Waals surface area contributed by atoms with Crippen LogP contribution in [0.15, 0.2) is 90.0 Å². The van der Waals surface area contributed by atoms with Gasteiger partial charge in [-0.25, -0.2) is 12.7 Å². The first-order valence-corrected chi connectivity index (χ1v) is 12.2. The van der Waals surface area contributed by atoms with Crippen LogP contribution in [0.5, 0.6) is 0 Å². The lowest BCUT2D eigenvalue weighted by molar-refractivity contribution is 0.102. The summed E-state index contributed by atoms with van der Waals surface area (Å²) in [5.41, 5.74) is 4.35. The predicted molar refractivity (Wildman–Crippen MR) is 133 cm³/mol. The molecule has 4 aromatic rings. The van der Waals surface area contributed by atoms with Gasteiger partial charge in [-0.2, -0.15) is 5.10 Å². The third-order valence-corrected chi connectivity index (χ3v) is 7.20. The van der Waals surface area contributed by atoms with Crippen LogP contribution in [-0.4, -0.2) is 42.5 Å². The van der Waals surface area contributed by atoms with Gasteiger partial charge in [0.1, 0.15) is 5.69 Å². The standard InChI is InChI=1S/C26H26N4O3S/c1-19-12-14-21(15-13-19)25-24(18-30(28-25)17-20-8-5-4-6-9-20)26(31)27-22-10-7-11-23(16-22)34(32,33)29(2)3/h4-16,18H,17H2,1-3H3,(H,27,31). The van der Waals surface area contributed by atoms with Crippen molar-refractivity contribution in [3.8, 4) is 11.3 Å². The monoisotopic (exact) mass is 474 g/mol. The fourth-order valence-corrected chi connectivity index (χ4v) is 4.46. The summed E-state index contributed by atoms with van der Waals surface area (Å²) in [7, 11) is -0.684. The number of aromatic nitrogens is 2. The van der Waals surface area contributed by atoms with E-state index < -0.39 is 10.0 Å². The summed E-state index contributed by atoms with van der Waals surface area (Å²) in [6, 6.07) is 23.9. The fraction of sp³-hybridized carbons (Fsp3) is 0.154. The Hall–Kier alpha value is -3.75. The predicted octanol–water partition coefficient (Wildman–Crippen LogP) is 4.41. The molecule has 0 bridgehead atoms. The summed E-state index contributed by atoms with van der Waals surface area (Å²) in [6.45, 7) is 2.52. The third kappa shape index (κ3) is 5.08. The normalized spacial score (nSPS) is 11.5. The van der Waals surface area contributed by atoms with Crippen molar-refractivity contribution in [1.29, 1.82) is 0 Å². The molecule has 0 saturated carbocycles. The fourth-order valence-electron chi connectivity index (χ4n) is 3.51. The maximum absolute atomic E-state index is 13.3. The van der Waals surface area contributed by atoms with Gasteiger partial charge in [-0.15, -0.1) is 0 Å². The van der Waals surface area contributed by atoms with Crippen LogP contribution in [0.1, 0.15) is 21.5 Å². The zero-order valence-corrected chi connectivity index (χ0v) is 20.1. The smallest absolute Gasteiger partial charge is 0.259 e. The van der Waals surface area contributed by atoms with E-state index in [-0.39, 0.29) is 10.8 Å². The molecule has 4 rings (SSSR count). The first-order chi connectivity index (χ1) is 16.2. The SMILES string of the molecule is Cc1ccc(-c2nn(Cc3ccccc3)cc2C(=O)Nc2cccc(S(=O)(=O)N(C)C)c2)cc1. The number of benzene rings is 3. The van der Waals surface area contributed by atoms with Gasteiger partial charge in [0, 0.05) is 31.5 Å². The molecule has 0 unspecified atom stereocenters. The average molecular weight is 475 g/mol. The van der Waals surface area contributed by atoms with Crippen molar-refractivity contribution in [2.45, 2.75) is 18.4 Å². The van der Waals surface area contributed by atoms with Gasteiger partial charge in [0.25, 0.3) is 5.91 Å². The summed E-state index contributed by atoms with van der Waals surface area (Å²) >= 11 is 0. The van der Waals surface area contributed by atoms with Crippen molar-refractivity contribution in [1.82, 2.24) is 14.1 Å². The molecule has 1 aromatic heterocycles. The zero-order valence-electron chi connectivity index (χ0n) is 19.3. The molecule has 174 valence electrons. The van der Waals surface area contributed by atoms with E-state index in [0.717, 1.165) is 21.0 Å². The maximum Gasteiger partial charge on any atom is 0.259 e. The highest BCUT2D eigenvalue weighted by Crippen LogP contribution is 2.25. The van der Waals surface area contributed by atoms with E-state index in [1.807, 2.05) is 61.5 Å². The maximum atomic E-state index is 13.3. The quantitative estimate of drug-likeness (QED) is 0.430. The second-order valence-electron chi connectivity index (χ2n) is 8.21. The van der Waals surface area contributed by atoms with Crippen LogP contribution >= 0.6 is 0 Å². The highest BCUT2D eigenvalue weighted by atomic mass is 32.2. The topological polar surface area (TPSA) is 84.3 Å². The van der Waals surface area contributed by atoms with Gasteiger partial charge in [0.2, 0.25) is 10.0 Å². The van der Waals surface area contributed by atoms with E-state index in [2.05, 4.69) is 5.32 Å². The minimum atomic E-state index is -3.62. The molecule has 0 aliphatic rings. The number of nitrogens with zero attached hydrogens (tertiary/aromatic N) is 3. The van der Waals surface area contributed by atoms with Crippen molar-refractivity contribution in [2.75, 3.05) is 19.4 Å². The third-order valence-electron chi connectivity index (χ3n) is 5.39. The van der Waals surface area contributed by atoms with Gasteiger partial charge in [-0.05, 0) is 30.7 Å². The number of hydrogen-bond donors (Lipinski definition) is 1. The largest absolute Gasteiger partial charge is 0.322 e.